The van der Waals surface area contributed by atoms with E-state index in [-0.39, 0.29) is 34.3 Å². The van der Waals surface area contributed by atoms with Gasteiger partial charge in [0.25, 0.3) is 5.69 Å². The van der Waals surface area contributed by atoms with Gasteiger partial charge in [-0.3, -0.25) is 19.7 Å². The molecular formula is C13H16N2O5S. The van der Waals surface area contributed by atoms with Crippen LogP contribution < -0.4 is 0 Å². The highest BCUT2D eigenvalue weighted by molar-refractivity contribution is 8.00. The zero-order chi connectivity index (χ0) is 15.5. The van der Waals surface area contributed by atoms with E-state index in [4.69, 9.17) is 0 Å². The summed E-state index contributed by atoms with van der Waals surface area (Å²) < 4.78 is 4.66. The fourth-order valence-electron chi connectivity index (χ4n) is 2.01. The minimum atomic E-state index is -0.546. The third kappa shape index (κ3) is 4.07. The molecule has 2 rings (SSSR count). The molecule has 1 saturated carbocycles. The van der Waals surface area contributed by atoms with Crippen LogP contribution in [-0.2, 0) is 9.53 Å². The number of thioether (sulfide) groups is 1. The van der Waals surface area contributed by atoms with Crippen molar-refractivity contribution in [3.8, 4) is 0 Å². The maximum Gasteiger partial charge on any atom is 0.306 e. The summed E-state index contributed by atoms with van der Waals surface area (Å²) in [4.78, 5) is 35.8. The Balaban J connectivity index is 1.79. The predicted octanol–water partition coefficient (Wildman–Crippen LogP) is 2.18. The first-order chi connectivity index (χ1) is 9.96. The highest BCUT2D eigenvalue weighted by Crippen LogP contribution is 2.51. The Labute approximate surface area is 125 Å². The number of methoxy groups -OCH3 is 1. The summed E-state index contributed by atoms with van der Waals surface area (Å²) in [6.45, 7) is 0. The number of aromatic amines is 1. The minimum absolute atomic E-state index is 0.0280. The van der Waals surface area contributed by atoms with Crippen molar-refractivity contribution >= 4 is 29.2 Å². The van der Waals surface area contributed by atoms with E-state index < -0.39 is 4.92 Å². The second kappa shape index (κ2) is 6.30. The van der Waals surface area contributed by atoms with Crippen LogP contribution in [0.25, 0.3) is 0 Å². The topological polar surface area (TPSA) is 102 Å². The third-order valence-corrected chi connectivity index (χ3v) is 4.81. The molecule has 0 spiro atoms. The number of aromatic nitrogens is 1. The standard InChI is InChI=1S/C13H16N2O5S/c1-20-12(17)5-13(2-3-13)8-21-7-11(16)10-4-9(6-14-10)15(18)19/h4,6,14H,2-3,5,7-8H2,1H3. The molecule has 0 aliphatic heterocycles. The van der Waals surface area contributed by atoms with E-state index in [9.17, 15) is 19.7 Å². The summed E-state index contributed by atoms with van der Waals surface area (Å²) in [7, 11) is 1.37. The van der Waals surface area contributed by atoms with Crippen molar-refractivity contribution in [3.05, 3.63) is 28.1 Å². The maximum absolute atomic E-state index is 11.9. The van der Waals surface area contributed by atoms with Crippen molar-refractivity contribution in [2.45, 2.75) is 19.3 Å². The monoisotopic (exact) mass is 312 g/mol. The number of hydrogen-bond acceptors (Lipinski definition) is 6. The molecule has 1 aliphatic rings. The first kappa shape index (κ1) is 15.6. The zero-order valence-corrected chi connectivity index (χ0v) is 12.4. The largest absolute Gasteiger partial charge is 0.469 e. The number of H-pyrrole nitrogens is 1. The van der Waals surface area contributed by atoms with Crippen LogP contribution in [0.2, 0.25) is 0 Å². The van der Waals surface area contributed by atoms with Gasteiger partial charge >= 0.3 is 5.97 Å². The maximum atomic E-state index is 11.9. The summed E-state index contributed by atoms with van der Waals surface area (Å²) in [5.41, 5.74) is 0.0967. The molecule has 0 bridgehead atoms. The van der Waals surface area contributed by atoms with Gasteiger partial charge in [0.1, 0.15) is 0 Å². The summed E-state index contributed by atoms with van der Waals surface area (Å²) >= 11 is 1.45. The second-order valence-electron chi connectivity index (χ2n) is 5.20. The van der Waals surface area contributed by atoms with Crippen molar-refractivity contribution in [2.24, 2.45) is 5.41 Å². The molecule has 7 nitrogen and oxygen atoms in total. The van der Waals surface area contributed by atoms with Crippen LogP contribution in [0.4, 0.5) is 5.69 Å². The van der Waals surface area contributed by atoms with Gasteiger partial charge in [0.2, 0.25) is 0 Å². The molecule has 0 amide bonds. The lowest BCUT2D eigenvalue weighted by atomic mass is 10.1. The molecule has 0 unspecified atom stereocenters. The van der Waals surface area contributed by atoms with E-state index in [2.05, 4.69) is 9.72 Å². The number of carbonyl (C=O) groups excluding carboxylic acids is 2. The summed E-state index contributed by atoms with van der Waals surface area (Å²) in [5, 5.41) is 10.5. The van der Waals surface area contributed by atoms with Crippen molar-refractivity contribution < 1.29 is 19.2 Å². The van der Waals surface area contributed by atoms with Gasteiger partial charge in [-0.2, -0.15) is 11.8 Å². The molecule has 21 heavy (non-hydrogen) atoms. The van der Waals surface area contributed by atoms with E-state index >= 15 is 0 Å². The number of Topliss-reactive ketones (excluding diaryl/α,β-unsaturated/α-hetero) is 1. The Morgan fingerprint density at radius 3 is 2.76 bits per heavy atom. The highest BCUT2D eigenvalue weighted by atomic mass is 32.2. The van der Waals surface area contributed by atoms with Gasteiger partial charge in [0.15, 0.2) is 5.78 Å². The lowest BCUT2D eigenvalue weighted by Gasteiger charge is -2.12. The normalized spacial score (nSPS) is 15.5. The molecule has 0 atom stereocenters. The number of esters is 1. The van der Waals surface area contributed by atoms with Gasteiger partial charge < -0.3 is 9.72 Å². The van der Waals surface area contributed by atoms with Crippen LogP contribution in [0.5, 0.6) is 0 Å². The average molecular weight is 312 g/mol. The molecule has 1 fully saturated rings. The molecule has 1 aromatic heterocycles. The van der Waals surface area contributed by atoms with Crippen molar-refractivity contribution in [2.75, 3.05) is 18.6 Å². The van der Waals surface area contributed by atoms with Gasteiger partial charge in [0.05, 0.1) is 36.1 Å². The fraction of sp³-hybridized carbons (Fsp3) is 0.538. The number of hydrogen-bond donors (Lipinski definition) is 1. The Morgan fingerprint density at radius 2 is 2.24 bits per heavy atom. The van der Waals surface area contributed by atoms with E-state index in [1.165, 1.54) is 31.1 Å². The minimum Gasteiger partial charge on any atom is -0.469 e. The summed E-state index contributed by atoms with van der Waals surface area (Å²) in [6.07, 6.45) is 3.53. The molecule has 1 aliphatic carbocycles. The van der Waals surface area contributed by atoms with E-state index in [1.807, 2.05) is 0 Å². The molecule has 0 aromatic carbocycles. The quantitative estimate of drug-likeness (QED) is 0.341. The van der Waals surface area contributed by atoms with Crippen LogP contribution in [0.3, 0.4) is 0 Å². The van der Waals surface area contributed by atoms with Crippen molar-refractivity contribution in [3.63, 3.8) is 0 Å². The molecule has 8 heteroatoms. The Hall–Kier alpha value is -1.83. The predicted molar refractivity (Wildman–Crippen MR) is 77.4 cm³/mol. The van der Waals surface area contributed by atoms with Gasteiger partial charge in [-0.25, -0.2) is 0 Å². The number of rotatable bonds is 8. The van der Waals surface area contributed by atoms with Gasteiger partial charge in [-0.15, -0.1) is 0 Å². The average Bonchev–Trinajstić information content (AvgIpc) is 3.02. The molecule has 0 saturated heterocycles. The summed E-state index contributed by atoms with van der Waals surface area (Å²) in [6, 6.07) is 1.24. The number of ketones is 1. The first-order valence-corrected chi connectivity index (χ1v) is 7.62. The van der Waals surface area contributed by atoms with E-state index in [0.29, 0.717) is 6.42 Å². The van der Waals surface area contributed by atoms with Crippen molar-refractivity contribution in [1.82, 2.24) is 4.98 Å². The number of ether oxygens (including phenoxy) is 1. The highest BCUT2D eigenvalue weighted by Gasteiger charge is 2.44. The van der Waals surface area contributed by atoms with Crippen LogP contribution in [-0.4, -0.2) is 40.3 Å². The molecule has 0 radical (unpaired) electrons. The number of carbonyl (C=O) groups is 2. The first-order valence-electron chi connectivity index (χ1n) is 6.46. The smallest absolute Gasteiger partial charge is 0.306 e. The van der Waals surface area contributed by atoms with Gasteiger partial charge in [0, 0.05) is 6.07 Å². The molecule has 1 N–H and O–H groups in total. The van der Waals surface area contributed by atoms with Gasteiger partial charge in [-0.05, 0) is 24.0 Å². The number of nitrogens with one attached hydrogen (secondary N) is 1. The molecule has 1 aromatic rings. The molecule has 114 valence electrons. The van der Waals surface area contributed by atoms with Crippen LogP contribution >= 0.6 is 11.8 Å². The SMILES string of the molecule is COC(=O)CC1(CSCC(=O)c2cc([N+](=O)[O-])c[nH]2)CC1. The molecule has 1 heterocycles. The third-order valence-electron chi connectivity index (χ3n) is 3.52. The number of nitrogens with zero attached hydrogens (tertiary/aromatic N) is 1. The van der Waals surface area contributed by atoms with E-state index in [0.717, 1.165) is 18.6 Å². The zero-order valence-electron chi connectivity index (χ0n) is 11.6. The Morgan fingerprint density at radius 1 is 1.52 bits per heavy atom. The Kier molecular flexibility index (Phi) is 4.66. The number of nitro groups is 1. The van der Waals surface area contributed by atoms with Crippen LogP contribution in [0.15, 0.2) is 12.3 Å². The lowest BCUT2D eigenvalue weighted by Crippen LogP contribution is -2.14. The summed E-state index contributed by atoms with van der Waals surface area (Å²) in [5.74, 6) is 0.554. The second-order valence-corrected chi connectivity index (χ2v) is 6.18. The fourth-order valence-corrected chi connectivity index (χ4v) is 3.28. The van der Waals surface area contributed by atoms with Crippen molar-refractivity contribution in [1.29, 1.82) is 0 Å². The van der Waals surface area contributed by atoms with Gasteiger partial charge in [-0.1, -0.05) is 0 Å². The van der Waals surface area contributed by atoms with Crippen LogP contribution in [0.1, 0.15) is 29.8 Å². The lowest BCUT2D eigenvalue weighted by molar-refractivity contribution is -0.384. The molecular weight excluding hydrogens is 296 g/mol. The van der Waals surface area contributed by atoms with Crippen LogP contribution in [0, 0.1) is 15.5 Å². The van der Waals surface area contributed by atoms with E-state index in [1.54, 1.807) is 0 Å². The Bertz CT molecular complexity index is 565.